The van der Waals surface area contributed by atoms with E-state index in [-0.39, 0.29) is 0 Å². The standard InChI is InChI=1S/C24H26N4O5/c1-14-20(26-24(32)33-16(3)17-8-6-5-7-9-17)21(28(4)27-14)18-10-12-19(13-11-18)22(29)25-15(2)23(30)31/h5-13,15-16H,1-4H3,(H,25,29)(H,26,32)(H,30,31)/t15?,16-/m1/s1. The van der Waals surface area contributed by atoms with Gasteiger partial charge in [-0.3, -0.25) is 19.6 Å². The number of carboxylic acid groups (broad SMARTS) is 1. The summed E-state index contributed by atoms with van der Waals surface area (Å²) in [6, 6.07) is 15.0. The molecule has 9 heteroatoms. The number of carboxylic acids is 1. The largest absolute Gasteiger partial charge is 0.480 e. The Bertz CT molecular complexity index is 1160. The van der Waals surface area contributed by atoms with E-state index in [1.54, 1.807) is 49.8 Å². The smallest absolute Gasteiger partial charge is 0.412 e. The second-order valence-corrected chi connectivity index (χ2v) is 7.63. The average molecular weight is 450 g/mol. The topological polar surface area (TPSA) is 123 Å². The Morgan fingerprint density at radius 2 is 1.67 bits per heavy atom. The maximum atomic E-state index is 12.6. The van der Waals surface area contributed by atoms with Crippen molar-refractivity contribution in [3.8, 4) is 11.3 Å². The molecular formula is C24H26N4O5. The van der Waals surface area contributed by atoms with Crippen molar-refractivity contribution in [1.29, 1.82) is 0 Å². The third-order valence-electron chi connectivity index (χ3n) is 5.14. The normalized spacial score (nSPS) is 12.5. The Labute approximate surface area is 191 Å². The monoisotopic (exact) mass is 450 g/mol. The molecule has 2 atom stereocenters. The predicted molar refractivity (Wildman–Crippen MR) is 123 cm³/mol. The molecule has 2 amide bonds. The highest BCUT2D eigenvalue weighted by Crippen LogP contribution is 2.31. The molecule has 0 aliphatic rings. The molecule has 0 saturated heterocycles. The van der Waals surface area contributed by atoms with Crippen LogP contribution in [0.15, 0.2) is 54.6 Å². The number of hydrogen-bond donors (Lipinski definition) is 3. The second-order valence-electron chi connectivity index (χ2n) is 7.63. The number of carbonyl (C=O) groups excluding carboxylic acids is 2. The van der Waals surface area contributed by atoms with Crippen LogP contribution in [0.25, 0.3) is 11.3 Å². The zero-order valence-electron chi connectivity index (χ0n) is 18.8. The molecular weight excluding hydrogens is 424 g/mol. The lowest BCUT2D eigenvalue weighted by Gasteiger charge is -2.15. The minimum atomic E-state index is -1.12. The number of rotatable bonds is 7. The first-order valence-corrected chi connectivity index (χ1v) is 10.4. The van der Waals surface area contributed by atoms with E-state index in [0.29, 0.717) is 28.2 Å². The highest BCUT2D eigenvalue weighted by molar-refractivity contribution is 5.97. The number of benzene rings is 2. The van der Waals surface area contributed by atoms with Gasteiger partial charge >= 0.3 is 12.1 Å². The van der Waals surface area contributed by atoms with Crippen LogP contribution in [0.4, 0.5) is 10.5 Å². The number of hydrogen-bond acceptors (Lipinski definition) is 5. The van der Waals surface area contributed by atoms with Crippen molar-refractivity contribution in [2.24, 2.45) is 7.05 Å². The van der Waals surface area contributed by atoms with Crippen molar-refractivity contribution in [2.45, 2.75) is 32.9 Å². The fourth-order valence-electron chi connectivity index (χ4n) is 3.34. The Morgan fingerprint density at radius 3 is 2.27 bits per heavy atom. The summed E-state index contributed by atoms with van der Waals surface area (Å²) >= 11 is 0. The summed E-state index contributed by atoms with van der Waals surface area (Å²) in [5, 5.41) is 18.5. The second kappa shape index (κ2) is 9.99. The predicted octanol–water partition coefficient (Wildman–Crippen LogP) is 3.91. The van der Waals surface area contributed by atoms with Crippen LogP contribution in [0.2, 0.25) is 0 Å². The Hall–Kier alpha value is -4.14. The molecule has 0 bridgehead atoms. The number of nitrogens with one attached hydrogen (secondary N) is 2. The molecule has 0 aliphatic heterocycles. The van der Waals surface area contributed by atoms with Gasteiger partial charge in [-0.2, -0.15) is 5.10 Å². The van der Waals surface area contributed by atoms with Gasteiger partial charge in [0.2, 0.25) is 0 Å². The molecule has 0 radical (unpaired) electrons. The van der Waals surface area contributed by atoms with Crippen LogP contribution in [0.3, 0.4) is 0 Å². The number of nitrogens with zero attached hydrogens (tertiary/aromatic N) is 2. The number of anilines is 1. The number of ether oxygens (including phenoxy) is 1. The van der Waals surface area contributed by atoms with Crippen molar-refractivity contribution >= 4 is 23.7 Å². The minimum absolute atomic E-state index is 0.316. The van der Waals surface area contributed by atoms with Gasteiger partial charge in [0.05, 0.1) is 17.1 Å². The molecule has 2 aromatic carbocycles. The molecule has 1 heterocycles. The fraction of sp³-hybridized carbons (Fsp3) is 0.250. The molecule has 33 heavy (non-hydrogen) atoms. The number of aryl methyl sites for hydroxylation is 2. The van der Waals surface area contributed by atoms with Crippen LogP contribution in [0.1, 0.15) is 41.6 Å². The van der Waals surface area contributed by atoms with Crippen LogP contribution in [-0.4, -0.2) is 38.9 Å². The van der Waals surface area contributed by atoms with Crippen LogP contribution in [-0.2, 0) is 16.6 Å². The first kappa shape index (κ1) is 23.5. The van der Waals surface area contributed by atoms with Gasteiger partial charge in [0.25, 0.3) is 5.91 Å². The summed E-state index contributed by atoms with van der Waals surface area (Å²) in [6.07, 6.45) is -1.04. The van der Waals surface area contributed by atoms with Crippen molar-refractivity contribution in [3.63, 3.8) is 0 Å². The molecule has 0 aliphatic carbocycles. The van der Waals surface area contributed by atoms with Gasteiger partial charge in [0, 0.05) is 18.2 Å². The first-order chi connectivity index (χ1) is 15.7. The molecule has 3 aromatic rings. The summed E-state index contributed by atoms with van der Waals surface area (Å²) in [6.45, 7) is 4.96. The van der Waals surface area contributed by atoms with E-state index in [2.05, 4.69) is 15.7 Å². The quantitative estimate of drug-likeness (QED) is 0.502. The molecule has 172 valence electrons. The molecule has 9 nitrogen and oxygen atoms in total. The average Bonchev–Trinajstić information content (AvgIpc) is 3.06. The van der Waals surface area contributed by atoms with E-state index in [0.717, 1.165) is 5.56 Å². The summed E-state index contributed by atoms with van der Waals surface area (Å²) in [5.74, 6) is -1.61. The third kappa shape index (κ3) is 5.57. The van der Waals surface area contributed by atoms with E-state index in [4.69, 9.17) is 9.84 Å². The van der Waals surface area contributed by atoms with Gasteiger partial charge in [-0.05, 0) is 38.5 Å². The molecule has 3 rings (SSSR count). The summed E-state index contributed by atoms with van der Waals surface area (Å²) < 4.78 is 7.15. The summed E-state index contributed by atoms with van der Waals surface area (Å²) in [7, 11) is 1.75. The molecule has 1 aromatic heterocycles. The van der Waals surface area contributed by atoms with Gasteiger partial charge in [0.15, 0.2) is 0 Å². The van der Waals surface area contributed by atoms with Gasteiger partial charge in [-0.15, -0.1) is 0 Å². The molecule has 1 unspecified atom stereocenters. The zero-order valence-corrected chi connectivity index (χ0v) is 18.8. The molecule has 0 saturated carbocycles. The van der Waals surface area contributed by atoms with Gasteiger partial charge < -0.3 is 15.2 Å². The minimum Gasteiger partial charge on any atom is -0.480 e. The SMILES string of the molecule is Cc1nn(C)c(-c2ccc(C(=O)NC(C)C(=O)O)cc2)c1NC(=O)O[C@H](C)c1ccccc1. The third-order valence-corrected chi connectivity index (χ3v) is 5.14. The number of amides is 2. The summed E-state index contributed by atoms with van der Waals surface area (Å²) in [5.41, 5.74) is 3.65. The van der Waals surface area contributed by atoms with E-state index >= 15 is 0 Å². The van der Waals surface area contributed by atoms with Crippen molar-refractivity contribution in [1.82, 2.24) is 15.1 Å². The lowest BCUT2D eigenvalue weighted by atomic mass is 10.1. The lowest BCUT2D eigenvalue weighted by Crippen LogP contribution is -2.38. The summed E-state index contributed by atoms with van der Waals surface area (Å²) in [4.78, 5) is 35.8. The van der Waals surface area contributed by atoms with Crippen LogP contribution in [0, 0.1) is 6.92 Å². The van der Waals surface area contributed by atoms with E-state index in [1.807, 2.05) is 30.3 Å². The Kier molecular flexibility index (Phi) is 7.12. The van der Waals surface area contributed by atoms with Crippen LogP contribution in [0.5, 0.6) is 0 Å². The number of aromatic nitrogens is 2. The fourth-order valence-corrected chi connectivity index (χ4v) is 3.34. The Morgan fingerprint density at radius 1 is 1.03 bits per heavy atom. The van der Waals surface area contributed by atoms with Gasteiger partial charge in [-0.1, -0.05) is 42.5 Å². The lowest BCUT2D eigenvalue weighted by molar-refractivity contribution is -0.138. The van der Waals surface area contributed by atoms with E-state index in [9.17, 15) is 14.4 Å². The zero-order chi connectivity index (χ0) is 24.1. The van der Waals surface area contributed by atoms with E-state index < -0.39 is 30.1 Å². The molecule has 3 N–H and O–H groups in total. The molecule has 0 fully saturated rings. The maximum absolute atomic E-state index is 12.6. The highest BCUT2D eigenvalue weighted by Gasteiger charge is 2.20. The van der Waals surface area contributed by atoms with Gasteiger partial charge in [-0.25, -0.2) is 4.79 Å². The number of carbonyl (C=O) groups is 3. The number of aliphatic carboxylic acids is 1. The first-order valence-electron chi connectivity index (χ1n) is 10.4. The highest BCUT2D eigenvalue weighted by atomic mass is 16.6. The van der Waals surface area contributed by atoms with Gasteiger partial charge in [0.1, 0.15) is 12.1 Å². The maximum Gasteiger partial charge on any atom is 0.412 e. The molecule has 0 spiro atoms. The van der Waals surface area contributed by atoms with Crippen molar-refractivity contribution in [2.75, 3.05) is 5.32 Å². The Balaban J connectivity index is 1.77. The van der Waals surface area contributed by atoms with Crippen molar-refractivity contribution in [3.05, 3.63) is 71.4 Å². The van der Waals surface area contributed by atoms with Crippen LogP contribution < -0.4 is 10.6 Å². The van der Waals surface area contributed by atoms with E-state index in [1.165, 1.54) is 6.92 Å². The van der Waals surface area contributed by atoms with Crippen molar-refractivity contribution < 1.29 is 24.2 Å². The van der Waals surface area contributed by atoms with Crippen LogP contribution >= 0.6 is 0 Å².